The molecule has 0 aliphatic rings. The van der Waals surface area contributed by atoms with Crippen LogP contribution in [0.25, 0.3) is 0 Å². The molecule has 0 aliphatic carbocycles. The molecule has 0 amide bonds. The highest BCUT2D eigenvalue weighted by Crippen LogP contribution is 2.15. The number of anilines is 2. The summed E-state index contributed by atoms with van der Waals surface area (Å²) in [7, 11) is 3.83. The third-order valence-corrected chi connectivity index (χ3v) is 3.12. The summed E-state index contributed by atoms with van der Waals surface area (Å²) in [5.41, 5.74) is 1.24. The third kappa shape index (κ3) is 3.20. The van der Waals surface area contributed by atoms with Crippen molar-refractivity contribution < 1.29 is 0 Å². The summed E-state index contributed by atoms with van der Waals surface area (Å²) in [5.74, 6) is 1.53. The molecule has 1 N–H and O–H groups in total. The van der Waals surface area contributed by atoms with Gasteiger partial charge >= 0.3 is 0 Å². The average molecular weight is 307 g/mol. The van der Waals surface area contributed by atoms with Gasteiger partial charge in [0.25, 0.3) is 0 Å². The lowest BCUT2D eigenvalue weighted by Gasteiger charge is -2.18. The van der Waals surface area contributed by atoms with E-state index in [2.05, 4.69) is 48.2 Å². The fourth-order valence-electron chi connectivity index (χ4n) is 1.63. The first kappa shape index (κ1) is 12.8. The lowest BCUT2D eigenvalue weighted by molar-refractivity contribution is 0.892. The van der Waals surface area contributed by atoms with Crippen molar-refractivity contribution in [2.75, 3.05) is 24.3 Å². The van der Waals surface area contributed by atoms with E-state index in [1.54, 1.807) is 6.20 Å². The van der Waals surface area contributed by atoms with Gasteiger partial charge in [-0.25, -0.2) is 4.98 Å². The van der Waals surface area contributed by atoms with Gasteiger partial charge in [0.05, 0.1) is 0 Å². The van der Waals surface area contributed by atoms with Crippen LogP contribution in [-0.4, -0.2) is 24.1 Å². The first-order chi connectivity index (χ1) is 8.69. The summed E-state index contributed by atoms with van der Waals surface area (Å²) in [4.78, 5) is 10.6. The molecule has 0 fully saturated rings. The lowest BCUT2D eigenvalue weighted by atomic mass is 10.2. The van der Waals surface area contributed by atoms with Gasteiger partial charge in [-0.05, 0) is 23.8 Å². The first-order valence-corrected chi connectivity index (χ1v) is 6.44. The van der Waals surface area contributed by atoms with Gasteiger partial charge in [-0.1, -0.05) is 28.1 Å². The summed E-state index contributed by atoms with van der Waals surface area (Å²) in [5, 5.41) is 2.94. The summed E-state index contributed by atoms with van der Waals surface area (Å²) >= 11 is 3.43. The SMILES string of the molecule is CNc1nccc(N(C)Cc2ccc(Br)cc2)n1. The second-order valence-electron chi connectivity index (χ2n) is 3.97. The highest BCUT2D eigenvalue weighted by atomic mass is 79.9. The fourth-order valence-corrected chi connectivity index (χ4v) is 1.89. The number of hydrogen-bond donors (Lipinski definition) is 1. The van der Waals surface area contributed by atoms with Crippen LogP contribution in [0, 0.1) is 0 Å². The van der Waals surface area contributed by atoms with Gasteiger partial charge in [-0.2, -0.15) is 4.98 Å². The third-order valence-electron chi connectivity index (χ3n) is 2.59. The van der Waals surface area contributed by atoms with E-state index in [0.29, 0.717) is 5.95 Å². The van der Waals surface area contributed by atoms with Crippen molar-refractivity contribution in [3.05, 3.63) is 46.6 Å². The molecule has 2 rings (SSSR count). The van der Waals surface area contributed by atoms with Crippen molar-refractivity contribution in [2.24, 2.45) is 0 Å². The van der Waals surface area contributed by atoms with Crippen molar-refractivity contribution in [2.45, 2.75) is 6.54 Å². The summed E-state index contributed by atoms with van der Waals surface area (Å²) in [6.45, 7) is 0.813. The van der Waals surface area contributed by atoms with Crippen LogP contribution in [0.4, 0.5) is 11.8 Å². The van der Waals surface area contributed by atoms with Crippen LogP contribution in [0.1, 0.15) is 5.56 Å². The molecule has 2 aromatic rings. The molecule has 1 heterocycles. The Bertz CT molecular complexity index is 513. The topological polar surface area (TPSA) is 41.1 Å². The molecule has 0 bridgehead atoms. The van der Waals surface area contributed by atoms with Crippen LogP contribution in [0.2, 0.25) is 0 Å². The maximum absolute atomic E-state index is 4.40. The molecule has 0 atom stereocenters. The molecule has 0 spiro atoms. The second-order valence-corrected chi connectivity index (χ2v) is 4.89. The number of hydrogen-bond acceptors (Lipinski definition) is 4. The Morgan fingerprint density at radius 2 is 1.94 bits per heavy atom. The van der Waals surface area contributed by atoms with Gasteiger partial charge in [0, 0.05) is 31.3 Å². The molecule has 0 aliphatic heterocycles. The average Bonchev–Trinajstić information content (AvgIpc) is 2.41. The number of nitrogens with one attached hydrogen (secondary N) is 1. The zero-order valence-electron chi connectivity index (χ0n) is 10.4. The molecule has 18 heavy (non-hydrogen) atoms. The molecule has 0 saturated carbocycles. The van der Waals surface area contributed by atoms with E-state index in [0.717, 1.165) is 16.8 Å². The van der Waals surface area contributed by atoms with E-state index >= 15 is 0 Å². The number of halogens is 1. The van der Waals surface area contributed by atoms with Crippen molar-refractivity contribution in [3.63, 3.8) is 0 Å². The molecule has 1 aromatic carbocycles. The second kappa shape index (κ2) is 5.82. The molecular weight excluding hydrogens is 292 g/mol. The van der Waals surface area contributed by atoms with Gasteiger partial charge in [-0.15, -0.1) is 0 Å². The monoisotopic (exact) mass is 306 g/mol. The number of rotatable bonds is 4. The van der Waals surface area contributed by atoms with Gasteiger partial charge in [-0.3, -0.25) is 0 Å². The molecule has 5 heteroatoms. The highest BCUT2D eigenvalue weighted by molar-refractivity contribution is 9.10. The molecule has 4 nitrogen and oxygen atoms in total. The minimum absolute atomic E-state index is 0.634. The number of benzene rings is 1. The summed E-state index contributed by atoms with van der Waals surface area (Å²) in [6, 6.07) is 10.2. The van der Waals surface area contributed by atoms with Gasteiger partial charge < -0.3 is 10.2 Å². The fraction of sp³-hybridized carbons (Fsp3) is 0.231. The summed E-state index contributed by atoms with van der Waals surface area (Å²) in [6.07, 6.45) is 1.76. The largest absolute Gasteiger partial charge is 0.357 e. The van der Waals surface area contributed by atoms with E-state index in [9.17, 15) is 0 Å². The minimum atomic E-state index is 0.634. The van der Waals surface area contributed by atoms with Crippen LogP contribution in [-0.2, 0) is 6.54 Å². The zero-order valence-corrected chi connectivity index (χ0v) is 12.0. The van der Waals surface area contributed by atoms with Crippen molar-refractivity contribution in [1.29, 1.82) is 0 Å². The van der Waals surface area contributed by atoms with E-state index in [4.69, 9.17) is 0 Å². The first-order valence-electron chi connectivity index (χ1n) is 5.65. The van der Waals surface area contributed by atoms with Crippen LogP contribution >= 0.6 is 15.9 Å². The molecule has 0 saturated heterocycles. The Kier molecular flexibility index (Phi) is 4.15. The van der Waals surface area contributed by atoms with Gasteiger partial charge in [0.2, 0.25) is 5.95 Å². The van der Waals surface area contributed by atoms with Crippen LogP contribution in [0.5, 0.6) is 0 Å². The highest BCUT2D eigenvalue weighted by Gasteiger charge is 2.04. The maximum atomic E-state index is 4.40. The Morgan fingerprint density at radius 3 is 2.61 bits per heavy atom. The maximum Gasteiger partial charge on any atom is 0.224 e. The predicted octanol–water partition coefficient (Wildman–Crippen LogP) is 2.92. The predicted molar refractivity (Wildman–Crippen MR) is 77.8 cm³/mol. The number of nitrogens with zero attached hydrogens (tertiary/aromatic N) is 3. The van der Waals surface area contributed by atoms with Crippen molar-refractivity contribution in [3.8, 4) is 0 Å². The van der Waals surface area contributed by atoms with E-state index in [-0.39, 0.29) is 0 Å². The van der Waals surface area contributed by atoms with Crippen LogP contribution < -0.4 is 10.2 Å². The molecule has 1 aromatic heterocycles. The Balaban J connectivity index is 2.11. The minimum Gasteiger partial charge on any atom is -0.357 e. The molecule has 94 valence electrons. The number of aromatic nitrogens is 2. The quantitative estimate of drug-likeness (QED) is 0.943. The van der Waals surface area contributed by atoms with Gasteiger partial charge in [0.1, 0.15) is 5.82 Å². The van der Waals surface area contributed by atoms with E-state index < -0.39 is 0 Å². The normalized spacial score (nSPS) is 10.2. The molecular formula is C13H15BrN4. The van der Waals surface area contributed by atoms with Crippen LogP contribution in [0.3, 0.4) is 0 Å². The van der Waals surface area contributed by atoms with E-state index in [1.165, 1.54) is 5.56 Å². The lowest BCUT2D eigenvalue weighted by Crippen LogP contribution is -2.18. The zero-order chi connectivity index (χ0) is 13.0. The molecule has 0 radical (unpaired) electrons. The Labute approximate surface area is 115 Å². The van der Waals surface area contributed by atoms with E-state index in [1.807, 2.05) is 32.3 Å². The van der Waals surface area contributed by atoms with Crippen molar-refractivity contribution in [1.82, 2.24) is 9.97 Å². The Hall–Kier alpha value is -1.62. The van der Waals surface area contributed by atoms with Gasteiger partial charge in [0.15, 0.2) is 0 Å². The standard InChI is InChI=1S/C13H15BrN4/c1-15-13-16-8-7-12(17-13)18(2)9-10-3-5-11(14)6-4-10/h3-8H,9H2,1-2H3,(H,15,16,17). The van der Waals surface area contributed by atoms with Crippen molar-refractivity contribution >= 4 is 27.7 Å². The smallest absolute Gasteiger partial charge is 0.224 e. The summed E-state index contributed by atoms with van der Waals surface area (Å²) < 4.78 is 1.09. The van der Waals surface area contributed by atoms with Crippen LogP contribution in [0.15, 0.2) is 41.0 Å². The molecule has 0 unspecified atom stereocenters. The Morgan fingerprint density at radius 1 is 1.22 bits per heavy atom.